The Labute approximate surface area is 201 Å². The van der Waals surface area contributed by atoms with Crippen molar-refractivity contribution in [2.75, 3.05) is 0 Å². The predicted octanol–water partition coefficient (Wildman–Crippen LogP) is 8.22. The summed E-state index contributed by atoms with van der Waals surface area (Å²) >= 11 is 0. The monoisotopic (exact) mass is 463 g/mol. The molecule has 0 aliphatic rings. The molecule has 0 fully saturated rings. The summed E-state index contributed by atoms with van der Waals surface area (Å²) in [6.07, 6.45) is 0. The van der Waals surface area contributed by atoms with Crippen LogP contribution >= 0.6 is 0 Å². The molecule has 5 heterocycles. The Morgan fingerprint density at radius 3 is 2.22 bits per heavy atom. The normalized spacial score (nSPS) is 13.1. The van der Waals surface area contributed by atoms with Gasteiger partial charge in [-0.15, -0.1) is 0 Å². The van der Waals surface area contributed by atoms with Crippen molar-refractivity contribution in [3.05, 3.63) is 90.7 Å². The smallest absolute Gasteiger partial charge is 0.149 e. The number of benzene rings is 5. The van der Waals surface area contributed by atoms with Gasteiger partial charge in [-0.2, -0.15) is 0 Å². The number of fused-ring (bicyclic) bond motifs is 6. The Balaban J connectivity index is 1.48. The van der Waals surface area contributed by atoms with Gasteiger partial charge in [0.2, 0.25) is 0 Å². The van der Waals surface area contributed by atoms with Gasteiger partial charge in [-0.05, 0) is 36.4 Å². The molecule has 0 unspecified atom stereocenters. The van der Waals surface area contributed by atoms with Crippen molar-refractivity contribution in [1.29, 1.82) is 0 Å². The zero-order valence-corrected chi connectivity index (χ0v) is 18.7. The van der Waals surface area contributed by atoms with Crippen LogP contribution in [0.15, 0.2) is 89.3 Å². The molecule has 0 amide bonds. The number of nitrogens with zero attached hydrogens (tertiary/aromatic N) is 3. The maximum atomic E-state index is 14.0. The summed E-state index contributed by atoms with van der Waals surface area (Å²) < 4.78 is 25.0. The highest BCUT2D eigenvalue weighted by Gasteiger charge is 2.27. The number of furan rings is 1. The molecule has 10 aromatic rings. The van der Waals surface area contributed by atoms with Gasteiger partial charge in [0.25, 0.3) is 0 Å². The van der Waals surface area contributed by atoms with Gasteiger partial charge in [0, 0.05) is 38.4 Å². The van der Waals surface area contributed by atoms with E-state index in [1.54, 1.807) is 6.07 Å². The Morgan fingerprint density at radius 1 is 0.611 bits per heavy atom. The number of hydrogen-bond acceptors (Lipinski definition) is 2. The molecule has 10 rings (SSSR count). The molecule has 5 heteroatoms. The average molecular weight is 463 g/mol. The van der Waals surface area contributed by atoms with Crippen LogP contribution in [0.2, 0.25) is 0 Å². The van der Waals surface area contributed by atoms with Crippen molar-refractivity contribution in [3.63, 3.8) is 0 Å². The zero-order valence-electron chi connectivity index (χ0n) is 18.7. The van der Waals surface area contributed by atoms with E-state index in [-0.39, 0.29) is 5.82 Å². The van der Waals surface area contributed by atoms with E-state index < -0.39 is 0 Å². The van der Waals surface area contributed by atoms with Crippen LogP contribution < -0.4 is 0 Å². The summed E-state index contributed by atoms with van der Waals surface area (Å²) in [5, 5.41) is 6.89. The fraction of sp³-hybridized carbons (Fsp3) is 0. The molecule has 4 nitrogen and oxygen atoms in total. The lowest BCUT2D eigenvalue weighted by atomic mass is 10.1. The number of rotatable bonds is 1. The lowest BCUT2D eigenvalue weighted by molar-refractivity contribution is 0.618. The third kappa shape index (κ3) is 1.73. The number of aromatic nitrogens is 3. The van der Waals surface area contributed by atoms with Gasteiger partial charge in [-0.3, -0.25) is 4.40 Å². The third-order valence-electron chi connectivity index (χ3n) is 8.04. The highest BCUT2D eigenvalue weighted by Crippen LogP contribution is 2.46. The molecule has 5 aromatic carbocycles. The molecule has 0 N–H and O–H groups in total. The first-order valence-corrected chi connectivity index (χ1v) is 12.0. The van der Waals surface area contributed by atoms with Gasteiger partial charge < -0.3 is 8.82 Å². The number of imidazole rings is 1. The molecule has 0 radical (unpaired) electrons. The van der Waals surface area contributed by atoms with Crippen molar-refractivity contribution in [1.82, 2.24) is 13.8 Å². The van der Waals surface area contributed by atoms with E-state index in [0.29, 0.717) is 5.58 Å². The first-order chi connectivity index (χ1) is 17.8. The molecule has 166 valence electrons. The topological polar surface area (TPSA) is 34.9 Å². The summed E-state index contributed by atoms with van der Waals surface area (Å²) in [5.74, 6) is 0.523. The van der Waals surface area contributed by atoms with Crippen LogP contribution in [0.5, 0.6) is 0 Å². The van der Waals surface area contributed by atoms with Gasteiger partial charge in [0.15, 0.2) is 0 Å². The van der Waals surface area contributed by atoms with Crippen LogP contribution in [0.25, 0.3) is 88.0 Å². The quantitative estimate of drug-likeness (QED) is 0.230. The fourth-order valence-electron chi connectivity index (χ4n) is 6.68. The van der Waals surface area contributed by atoms with Crippen molar-refractivity contribution in [3.8, 4) is 11.4 Å². The predicted molar refractivity (Wildman–Crippen MR) is 142 cm³/mol. The molecule has 0 aliphatic carbocycles. The van der Waals surface area contributed by atoms with E-state index in [0.717, 1.165) is 44.3 Å². The molecule has 0 saturated heterocycles. The second kappa shape index (κ2) is 5.50. The Morgan fingerprint density at radius 2 is 1.33 bits per heavy atom. The average Bonchev–Trinajstić information content (AvgIpc) is 3.64. The maximum absolute atomic E-state index is 14.0. The van der Waals surface area contributed by atoms with E-state index in [4.69, 9.17) is 9.40 Å². The van der Waals surface area contributed by atoms with Gasteiger partial charge >= 0.3 is 0 Å². The molecular weight excluding hydrogens is 449 g/mol. The van der Waals surface area contributed by atoms with Gasteiger partial charge in [-0.1, -0.05) is 42.5 Å². The minimum absolute atomic E-state index is 0.307. The van der Waals surface area contributed by atoms with Crippen molar-refractivity contribution >= 4 is 76.6 Å². The standard InChI is InChI=1S/C31H14FN3O/c32-15-10-11-16-21-7-2-8-22(30(21)36-25(16)14-15)31-33-23-13-12-20-18-5-1-4-17-19-6-3-9-24-27(19)35(26(17)18)28(20)29(23)34(24)31/h1-14H. The number of para-hydroxylation sites is 3. The number of halogens is 1. The summed E-state index contributed by atoms with van der Waals surface area (Å²) in [4.78, 5) is 5.18. The van der Waals surface area contributed by atoms with Crippen LogP contribution in [-0.4, -0.2) is 13.8 Å². The lowest BCUT2D eigenvalue weighted by Gasteiger charge is -2.11. The van der Waals surface area contributed by atoms with Crippen LogP contribution in [0.1, 0.15) is 0 Å². The fourth-order valence-corrected chi connectivity index (χ4v) is 6.68. The minimum Gasteiger partial charge on any atom is -0.455 e. The molecule has 0 spiro atoms. The van der Waals surface area contributed by atoms with Crippen LogP contribution in [0.3, 0.4) is 0 Å². The summed E-state index contributed by atoms with van der Waals surface area (Å²) in [6, 6.07) is 28.3. The second-order valence-corrected chi connectivity index (χ2v) is 9.74. The maximum Gasteiger partial charge on any atom is 0.149 e. The highest BCUT2D eigenvalue weighted by atomic mass is 19.1. The number of hydrogen-bond donors (Lipinski definition) is 0. The van der Waals surface area contributed by atoms with Crippen LogP contribution in [0.4, 0.5) is 4.39 Å². The molecule has 5 aromatic heterocycles. The molecule has 0 aliphatic heterocycles. The Hall–Kier alpha value is -4.90. The first kappa shape index (κ1) is 17.5. The van der Waals surface area contributed by atoms with E-state index in [9.17, 15) is 4.39 Å². The van der Waals surface area contributed by atoms with Gasteiger partial charge in [0.1, 0.15) is 22.8 Å². The molecule has 0 atom stereocenters. The molecule has 36 heavy (non-hydrogen) atoms. The second-order valence-electron chi connectivity index (χ2n) is 9.74. The van der Waals surface area contributed by atoms with E-state index >= 15 is 0 Å². The molecular formula is C31H14FN3O. The van der Waals surface area contributed by atoms with Gasteiger partial charge in [-0.25, -0.2) is 9.37 Å². The van der Waals surface area contributed by atoms with Gasteiger partial charge in [0.05, 0.1) is 38.7 Å². The summed E-state index contributed by atoms with van der Waals surface area (Å²) in [6.45, 7) is 0. The Kier molecular flexibility index (Phi) is 2.68. The van der Waals surface area contributed by atoms with Crippen molar-refractivity contribution in [2.24, 2.45) is 0 Å². The Bertz CT molecular complexity index is 2490. The van der Waals surface area contributed by atoms with Crippen molar-refractivity contribution < 1.29 is 8.81 Å². The molecule has 0 saturated carbocycles. The summed E-state index contributed by atoms with van der Waals surface area (Å²) in [5.41, 5.74) is 9.00. The van der Waals surface area contributed by atoms with E-state index in [1.165, 1.54) is 50.2 Å². The van der Waals surface area contributed by atoms with Crippen molar-refractivity contribution in [2.45, 2.75) is 0 Å². The van der Waals surface area contributed by atoms with E-state index in [2.05, 4.69) is 57.3 Å². The third-order valence-corrected chi connectivity index (χ3v) is 8.04. The molecule has 0 bridgehead atoms. The largest absolute Gasteiger partial charge is 0.455 e. The van der Waals surface area contributed by atoms with Crippen LogP contribution in [0, 0.1) is 5.82 Å². The highest BCUT2D eigenvalue weighted by molar-refractivity contribution is 6.29. The first-order valence-electron chi connectivity index (χ1n) is 12.0. The van der Waals surface area contributed by atoms with Crippen LogP contribution in [-0.2, 0) is 0 Å². The lowest BCUT2D eigenvalue weighted by Crippen LogP contribution is -1.97. The SMILES string of the molecule is Fc1ccc2c(c1)oc1c(-c3nc4ccc5c6cccc7c8cccc9c8n(c76)c5c4n39)cccc12. The van der Waals surface area contributed by atoms with E-state index in [1.807, 2.05) is 18.2 Å². The summed E-state index contributed by atoms with van der Waals surface area (Å²) in [7, 11) is 0. The zero-order chi connectivity index (χ0) is 23.3. The minimum atomic E-state index is -0.307.